The van der Waals surface area contributed by atoms with E-state index in [0.717, 1.165) is 5.56 Å². The van der Waals surface area contributed by atoms with Crippen molar-refractivity contribution in [2.45, 2.75) is 12.7 Å². The Labute approximate surface area is 127 Å². The van der Waals surface area contributed by atoms with Gasteiger partial charge in [0, 0.05) is 11.8 Å². The zero-order valence-electron chi connectivity index (χ0n) is 11.4. The van der Waals surface area contributed by atoms with Crippen molar-refractivity contribution in [1.29, 1.82) is 5.26 Å². The normalized spacial score (nSPS) is 11.4. The van der Waals surface area contributed by atoms with Crippen LogP contribution in [0.25, 0.3) is 11.4 Å². The van der Waals surface area contributed by atoms with Crippen molar-refractivity contribution in [3.63, 3.8) is 0 Å². The van der Waals surface area contributed by atoms with E-state index in [1.807, 2.05) is 6.07 Å². The zero-order valence-corrected chi connectivity index (χ0v) is 11.4. The van der Waals surface area contributed by atoms with Crippen molar-refractivity contribution in [2.24, 2.45) is 0 Å². The molecular formula is C14H8F3N5O. The minimum Gasteiger partial charge on any atom is -0.329 e. The maximum atomic E-state index is 12.4. The van der Waals surface area contributed by atoms with Gasteiger partial charge in [-0.2, -0.15) is 28.5 Å². The van der Waals surface area contributed by atoms with Crippen LogP contribution in [-0.2, 0) is 12.7 Å². The number of hydrogen-bond acceptors (Lipinski definition) is 5. The topological polar surface area (TPSA) is 80.5 Å². The molecular weight excluding hydrogens is 311 g/mol. The lowest BCUT2D eigenvalue weighted by Crippen LogP contribution is -2.04. The van der Waals surface area contributed by atoms with Crippen molar-refractivity contribution in [2.75, 3.05) is 0 Å². The second-order valence-electron chi connectivity index (χ2n) is 4.66. The summed E-state index contributed by atoms with van der Waals surface area (Å²) in [5.41, 5.74) is 1.72. The second-order valence-corrected chi connectivity index (χ2v) is 4.66. The van der Waals surface area contributed by atoms with E-state index in [0.29, 0.717) is 17.7 Å². The number of halogens is 3. The maximum Gasteiger partial charge on any atom is 0.471 e. The van der Waals surface area contributed by atoms with Crippen LogP contribution in [0, 0.1) is 11.3 Å². The van der Waals surface area contributed by atoms with Crippen molar-refractivity contribution in [3.05, 3.63) is 53.7 Å². The highest BCUT2D eigenvalue weighted by Crippen LogP contribution is 2.29. The SMILES string of the molecule is N#Cc1cnn(Cc2ccc(-c3noc(C(F)(F)F)n3)cc2)c1. The molecule has 0 amide bonds. The molecule has 1 aromatic carbocycles. The monoisotopic (exact) mass is 319 g/mol. The van der Waals surface area contributed by atoms with Gasteiger partial charge in [0.1, 0.15) is 6.07 Å². The van der Waals surface area contributed by atoms with Crippen LogP contribution in [-0.4, -0.2) is 19.9 Å². The van der Waals surface area contributed by atoms with Gasteiger partial charge in [-0.3, -0.25) is 4.68 Å². The molecule has 0 saturated heterocycles. The van der Waals surface area contributed by atoms with Gasteiger partial charge in [-0.15, -0.1) is 0 Å². The molecule has 2 heterocycles. The number of alkyl halides is 3. The summed E-state index contributed by atoms with van der Waals surface area (Å²) < 4.78 is 43.1. The van der Waals surface area contributed by atoms with Crippen molar-refractivity contribution >= 4 is 0 Å². The fourth-order valence-corrected chi connectivity index (χ4v) is 1.91. The lowest BCUT2D eigenvalue weighted by molar-refractivity contribution is -0.159. The van der Waals surface area contributed by atoms with Gasteiger partial charge in [-0.25, -0.2) is 0 Å². The first kappa shape index (κ1) is 14.8. The first-order valence-corrected chi connectivity index (χ1v) is 6.38. The molecule has 0 spiro atoms. The number of hydrogen-bond donors (Lipinski definition) is 0. The minimum atomic E-state index is -4.66. The van der Waals surface area contributed by atoms with Gasteiger partial charge in [-0.05, 0) is 5.56 Å². The van der Waals surface area contributed by atoms with E-state index in [-0.39, 0.29) is 5.82 Å². The van der Waals surface area contributed by atoms with Crippen LogP contribution in [0.5, 0.6) is 0 Å². The predicted molar refractivity (Wildman–Crippen MR) is 70.8 cm³/mol. The number of benzene rings is 1. The Balaban J connectivity index is 1.77. The largest absolute Gasteiger partial charge is 0.471 e. The summed E-state index contributed by atoms with van der Waals surface area (Å²) in [4.78, 5) is 3.32. The molecule has 23 heavy (non-hydrogen) atoms. The van der Waals surface area contributed by atoms with Crippen LogP contribution in [0.4, 0.5) is 13.2 Å². The average molecular weight is 319 g/mol. The standard InChI is InChI=1S/C14H8F3N5O/c15-14(16,17)13-20-12(21-23-13)11-3-1-9(2-4-11)7-22-8-10(5-18)6-19-22/h1-4,6,8H,7H2. The van der Waals surface area contributed by atoms with Gasteiger partial charge in [0.05, 0.1) is 18.3 Å². The van der Waals surface area contributed by atoms with Gasteiger partial charge < -0.3 is 4.52 Å². The Morgan fingerprint density at radius 1 is 1.22 bits per heavy atom. The Morgan fingerprint density at radius 3 is 2.52 bits per heavy atom. The smallest absolute Gasteiger partial charge is 0.329 e. The number of nitrogens with zero attached hydrogens (tertiary/aromatic N) is 5. The summed E-state index contributed by atoms with van der Waals surface area (Å²) in [7, 11) is 0. The Morgan fingerprint density at radius 2 is 1.96 bits per heavy atom. The Hall–Kier alpha value is -3.15. The quantitative estimate of drug-likeness (QED) is 0.741. The lowest BCUT2D eigenvalue weighted by Gasteiger charge is -2.02. The van der Waals surface area contributed by atoms with Crippen LogP contribution < -0.4 is 0 Å². The summed E-state index contributed by atoms with van der Waals surface area (Å²) in [5, 5.41) is 16.1. The van der Waals surface area contributed by atoms with Crippen LogP contribution in [0.3, 0.4) is 0 Å². The first-order valence-electron chi connectivity index (χ1n) is 6.38. The molecule has 0 unspecified atom stereocenters. The molecule has 0 radical (unpaired) electrons. The van der Waals surface area contributed by atoms with Crippen molar-refractivity contribution < 1.29 is 17.7 Å². The molecule has 9 heteroatoms. The third-order valence-electron chi connectivity index (χ3n) is 2.99. The van der Waals surface area contributed by atoms with Gasteiger partial charge >= 0.3 is 12.1 Å². The van der Waals surface area contributed by atoms with Crippen LogP contribution in [0.15, 0.2) is 41.2 Å². The van der Waals surface area contributed by atoms with E-state index in [2.05, 4.69) is 19.8 Å². The highest BCUT2D eigenvalue weighted by molar-refractivity contribution is 5.54. The Bertz CT molecular complexity index is 858. The maximum absolute atomic E-state index is 12.4. The Kier molecular flexibility index (Phi) is 3.57. The molecule has 0 bridgehead atoms. The fraction of sp³-hybridized carbons (Fsp3) is 0.143. The van der Waals surface area contributed by atoms with Gasteiger partial charge in [0.2, 0.25) is 5.82 Å². The summed E-state index contributed by atoms with van der Waals surface area (Å²) in [5.74, 6) is -1.51. The molecule has 6 nitrogen and oxygen atoms in total. The highest BCUT2D eigenvalue weighted by atomic mass is 19.4. The lowest BCUT2D eigenvalue weighted by atomic mass is 10.1. The molecule has 0 atom stereocenters. The first-order chi connectivity index (χ1) is 11.0. The van der Waals surface area contributed by atoms with Gasteiger partial charge in [0.25, 0.3) is 0 Å². The van der Waals surface area contributed by atoms with Crippen LogP contribution in [0.1, 0.15) is 17.0 Å². The van der Waals surface area contributed by atoms with E-state index in [1.165, 1.54) is 6.20 Å². The molecule has 0 saturated carbocycles. The molecule has 116 valence electrons. The molecule has 0 aliphatic heterocycles. The predicted octanol–water partition coefficient (Wildman–Crippen LogP) is 2.87. The number of rotatable bonds is 3. The third-order valence-corrected chi connectivity index (χ3v) is 2.99. The summed E-state index contributed by atoms with van der Waals surface area (Å²) in [6.07, 6.45) is -1.61. The van der Waals surface area contributed by atoms with E-state index in [9.17, 15) is 13.2 Å². The minimum absolute atomic E-state index is 0.130. The number of aromatic nitrogens is 4. The molecule has 3 aromatic rings. The third kappa shape index (κ3) is 3.21. The molecule has 0 aliphatic rings. The molecule has 3 rings (SSSR count). The second kappa shape index (κ2) is 5.57. The zero-order chi connectivity index (χ0) is 16.4. The van der Waals surface area contributed by atoms with Crippen LogP contribution >= 0.6 is 0 Å². The fourth-order valence-electron chi connectivity index (χ4n) is 1.91. The summed E-state index contributed by atoms with van der Waals surface area (Å²) >= 11 is 0. The molecule has 2 aromatic heterocycles. The van der Waals surface area contributed by atoms with E-state index < -0.39 is 12.1 Å². The molecule has 0 aliphatic carbocycles. The van der Waals surface area contributed by atoms with Gasteiger partial charge in [-0.1, -0.05) is 29.4 Å². The summed E-state index contributed by atoms with van der Waals surface area (Å²) in [6.45, 7) is 0.433. The van der Waals surface area contributed by atoms with Crippen LogP contribution in [0.2, 0.25) is 0 Å². The van der Waals surface area contributed by atoms with Crippen molar-refractivity contribution in [1.82, 2.24) is 19.9 Å². The van der Waals surface area contributed by atoms with E-state index >= 15 is 0 Å². The molecule has 0 fully saturated rings. The average Bonchev–Trinajstić information content (AvgIpc) is 3.16. The molecule has 0 N–H and O–H groups in total. The summed E-state index contributed by atoms with van der Waals surface area (Å²) in [6, 6.07) is 8.59. The van der Waals surface area contributed by atoms with Crippen molar-refractivity contribution in [3.8, 4) is 17.5 Å². The van der Waals surface area contributed by atoms with Gasteiger partial charge in [0.15, 0.2) is 0 Å². The van der Waals surface area contributed by atoms with E-state index in [4.69, 9.17) is 5.26 Å². The number of nitriles is 1. The highest BCUT2D eigenvalue weighted by Gasteiger charge is 2.38. The van der Waals surface area contributed by atoms with E-state index in [1.54, 1.807) is 35.1 Å².